The van der Waals surface area contributed by atoms with E-state index in [1.165, 1.54) is 25.3 Å². The van der Waals surface area contributed by atoms with Gasteiger partial charge in [0.25, 0.3) is 0 Å². The molecule has 1 aliphatic heterocycles. The number of fused-ring (bicyclic) bond motifs is 1. The summed E-state index contributed by atoms with van der Waals surface area (Å²) in [7, 11) is 0.0494. The Bertz CT molecular complexity index is 324. The quantitative estimate of drug-likeness (QED) is 0.369. The molecule has 1 saturated heterocycles. The molecular weight excluding hydrogens is 280 g/mol. The highest BCUT2D eigenvalue weighted by atomic mass is 28.4. The lowest BCUT2D eigenvalue weighted by molar-refractivity contribution is -0.0795. The molecule has 4 heteroatoms. The fourth-order valence-electron chi connectivity index (χ4n) is 4.25. The Kier molecular flexibility index (Phi) is 5.91. The second-order valence-electron chi connectivity index (χ2n) is 7.53. The first-order valence-corrected chi connectivity index (χ1v) is 11.1. The maximum absolute atomic E-state index is 6.69. The molecule has 0 amide bonds. The summed E-state index contributed by atoms with van der Waals surface area (Å²) in [5.74, 6) is 0.710. The summed E-state index contributed by atoms with van der Waals surface area (Å²) in [6.45, 7) is 11.6. The van der Waals surface area contributed by atoms with Gasteiger partial charge in [-0.3, -0.25) is 0 Å². The zero-order chi connectivity index (χ0) is 15.6. The summed E-state index contributed by atoms with van der Waals surface area (Å²) < 4.78 is 18.1. The van der Waals surface area contributed by atoms with E-state index >= 15 is 0 Å². The molecule has 3 nitrogen and oxygen atoms in total. The number of ether oxygens (including phenoxy) is 2. The van der Waals surface area contributed by atoms with Crippen molar-refractivity contribution in [2.24, 2.45) is 5.92 Å². The van der Waals surface area contributed by atoms with Crippen molar-refractivity contribution < 1.29 is 13.9 Å². The van der Waals surface area contributed by atoms with E-state index in [2.05, 4.69) is 34.6 Å². The van der Waals surface area contributed by atoms with Crippen LogP contribution in [-0.4, -0.2) is 33.9 Å². The van der Waals surface area contributed by atoms with E-state index in [0.29, 0.717) is 29.2 Å². The van der Waals surface area contributed by atoms with Gasteiger partial charge in [-0.15, -0.1) is 0 Å². The first kappa shape index (κ1) is 17.5. The minimum Gasteiger partial charge on any atom is -0.392 e. The van der Waals surface area contributed by atoms with Crippen LogP contribution in [0.25, 0.3) is 0 Å². The second-order valence-corrected chi connectivity index (χ2v) is 12.7. The molecule has 2 fully saturated rings. The van der Waals surface area contributed by atoms with Crippen molar-refractivity contribution in [3.8, 4) is 0 Å². The van der Waals surface area contributed by atoms with Crippen molar-refractivity contribution in [3.05, 3.63) is 0 Å². The first-order chi connectivity index (χ1) is 9.92. The predicted octanol–water partition coefficient (Wildman–Crippen LogP) is 4.72. The van der Waals surface area contributed by atoms with Gasteiger partial charge >= 0.3 is 0 Å². The first-order valence-electron chi connectivity index (χ1n) is 8.79. The van der Waals surface area contributed by atoms with E-state index in [9.17, 15) is 0 Å². The summed E-state index contributed by atoms with van der Waals surface area (Å²) in [6, 6.07) is 1.17. The summed E-state index contributed by atoms with van der Waals surface area (Å²) in [4.78, 5) is 0. The van der Waals surface area contributed by atoms with Crippen LogP contribution in [0.4, 0.5) is 0 Å². The van der Waals surface area contributed by atoms with Crippen LogP contribution in [0.15, 0.2) is 0 Å². The molecule has 0 aromatic heterocycles. The van der Waals surface area contributed by atoms with Gasteiger partial charge in [-0.1, -0.05) is 34.6 Å². The molecule has 0 bridgehead atoms. The molecule has 1 aliphatic carbocycles. The Hall–Kier alpha value is 0.0969. The summed E-state index contributed by atoms with van der Waals surface area (Å²) in [5.41, 5.74) is 1.25. The van der Waals surface area contributed by atoms with Crippen LogP contribution in [0.1, 0.15) is 60.3 Å². The van der Waals surface area contributed by atoms with Gasteiger partial charge in [0.2, 0.25) is 8.32 Å². The second kappa shape index (κ2) is 7.11. The molecule has 0 spiro atoms. The maximum atomic E-state index is 6.69. The van der Waals surface area contributed by atoms with E-state index in [0.717, 1.165) is 6.42 Å². The third-order valence-electron chi connectivity index (χ3n) is 5.76. The average Bonchev–Trinajstić information content (AvgIpc) is 3.21. The standard InChI is InChI=1S/C17H34O3Si/c1-7-21(12(2)3,13(4)5)20-17(18-6)11-14-8-9-15-16(10-14)19-15/h12-17H,7-11H2,1-6H3. The number of rotatable bonds is 8. The van der Waals surface area contributed by atoms with Gasteiger partial charge in [-0.2, -0.15) is 0 Å². The van der Waals surface area contributed by atoms with E-state index in [1.807, 2.05) is 0 Å². The van der Waals surface area contributed by atoms with E-state index in [4.69, 9.17) is 13.9 Å². The van der Waals surface area contributed by atoms with Gasteiger partial charge in [0.15, 0.2) is 0 Å². The molecule has 1 saturated carbocycles. The van der Waals surface area contributed by atoms with Crippen LogP contribution < -0.4 is 0 Å². The van der Waals surface area contributed by atoms with Crippen LogP contribution in [0.2, 0.25) is 17.1 Å². The number of hydrogen-bond acceptors (Lipinski definition) is 3. The number of hydrogen-bond donors (Lipinski definition) is 0. The molecule has 0 aromatic rings. The average molecular weight is 315 g/mol. The van der Waals surface area contributed by atoms with Gasteiger partial charge in [0, 0.05) is 13.5 Å². The third-order valence-corrected chi connectivity index (χ3v) is 11.5. The smallest absolute Gasteiger partial charge is 0.201 e. The van der Waals surface area contributed by atoms with Gasteiger partial charge in [-0.05, 0) is 42.3 Å². The van der Waals surface area contributed by atoms with Crippen LogP contribution in [-0.2, 0) is 13.9 Å². The normalized spacial score (nSPS) is 30.6. The van der Waals surface area contributed by atoms with Gasteiger partial charge in [-0.25, -0.2) is 0 Å². The monoisotopic (exact) mass is 314 g/mol. The highest BCUT2D eigenvalue weighted by Crippen LogP contribution is 2.43. The molecule has 21 heavy (non-hydrogen) atoms. The fraction of sp³-hybridized carbons (Fsp3) is 1.00. The molecule has 2 aliphatic rings. The molecule has 2 rings (SSSR count). The van der Waals surface area contributed by atoms with Crippen LogP contribution in [0, 0.1) is 5.92 Å². The third kappa shape index (κ3) is 3.90. The summed E-state index contributed by atoms with van der Waals surface area (Å²) >= 11 is 0. The van der Waals surface area contributed by atoms with E-state index in [1.54, 1.807) is 7.11 Å². The summed E-state index contributed by atoms with van der Waals surface area (Å²) in [5, 5.41) is 0. The zero-order valence-electron chi connectivity index (χ0n) is 14.7. The molecule has 124 valence electrons. The van der Waals surface area contributed by atoms with E-state index < -0.39 is 8.32 Å². The zero-order valence-corrected chi connectivity index (χ0v) is 15.7. The van der Waals surface area contributed by atoms with Crippen molar-refractivity contribution in [1.82, 2.24) is 0 Å². The van der Waals surface area contributed by atoms with Crippen molar-refractivity contribution in [2.45, 2.75) is 95.9 Å². The summed E-state index contributed by atoms with van der Waals surface area (Å²) in [6.07, 6.45) is 5.85. The SMILES string of the molecule is CC[Si](OC(CC1CCC2OC2C1)OC)(C(C)C)C(C)C. The molecule has 0 N–H and O–H groups in total. The van der Waals surface area contributed by atoms with Crippen molar-refractivity contribution in [3.63, 3.8) is 0 Å². The molecule has 4 atom stereocenters. The molecular formula is C17H34O3Si. The molecule has 4 unspecified atom stereocenters. The number of epoxide rings is 1. The van der Waals surface area contributed by atoms with Crippen LogP contribution in [0.3, 0.4) is 0 Å². The van der Waals surface area contributed by atoms with Gasteiger partial charge in [0.1, 0.15) is 6.29 Å². The molecule has 0 aromatic carbocycles. The van der Waals surface area contributed by atoms with Crippen molar-refractivity contribution in [2.75, 3.05) is 7.11 Å². The van der Waals surface area contributed by atoms with E-state index in [-0.39, 0.29) is 6.29 Å². The topological polar surface area (TPSA) is 31.0 Å². The highest BCUT2D eigenvalue weighted by Gasteiger charge is 2.46. The Morgan fingerprint density at radius 2 is 1.76 bits per heavy atom. The van der Waals surface area contributed by atoms with Crippen molar-refractivity contribution >= 4 is 8.32 Å². The highest BCUT2D eigenvalue weighted by molar-refractivity contribution is 6.76. The number of methoxy groups -OCH3 is 1. The Balaban J connectivity index is 1.95. The van der Waals surface area contributed by atoms with Gasteiger partial charge in [0.05, 0.1) is 12.2 Å². The largest absolute Gasteiger partial charge is 0.392 e. The lowest BCUT2D eigenvalue weighted by Gasteiger charge is -2.41. The Morgan fingerprint density at radius 3 is 2.24 bits per heavy atom. The van der Waals surface area contributed by atoms with Crippen LogP contribution in [0.5, 0.6) is 0 Å². The Morgan fingerprint density at radius 1 is 1.10 bits per heavy atom. The minimum absolute atomic E-state index is 0.0262. The van der Waals surface area contributed by atoms with Crippen molar-refractivity contribution in [1.29, 1.82) is 0 Å². The molecule has 0 radical (unpaired) electrons. The fourth-order valence-corrected chi connectivity index (χ4v) is 8.61. The van der Waals surface area contributed by atoms with Crippen LogP contribution >= 0.6 is 0 Å². The maximum Gasteiger partial charge on any atom is 0.201 e. The Labute approximate surface area is 131 Å². The lowest BCUT2D eigenvalue weighted by Crippen LogP contribution is -2.47. The molecule has 1 heterocycles. The lowest BCUT2D eigenvalue weighted by atomic mass is 9.87. The predicted molar refractivity (Wildman–Crippen MR) is 88.9 cm³/mol. The van der Waals surface area contributed by atoms with Gasteiger partial charge < -0.3 is 13.9 Å². The minimum atomic E-state index is -1.76.